The van der Waals surface area contributed by atoms with Crippen molar-refractivity contribution in [2.45, 2.75) is 6.92 Å². The molecule has 0 aliphatic heterocycles. The molecule has 0 radical (unpaired) electrons. The largest absolute Gasteiger partial charge is 0.258 e. The number of halogens is 1. The Morgan fingerprint density at radius 3 is 2.11 bits per heavy atom. The molecule has 2 aromatic carbocycles. The van der Waals surface area contributed by atoms with E-state index in [0.717, 1.165) is 27.9 Å². The van der Waals surface area contributed by atoms with E-state index in [9.17, 15) is 4.39 Å². The average molecular weight is 367 g/mol. The van der Waals surface area contributed by atoms with Crippen molar-refractivity contribution in [3.8, 4) is 39.6 Å². The highest BCUT2D eigenvalue weighted by Gasteiger charge is 2.12. The van der Waals surface area contributed by atoms with Crippen molar-refractivity contribution in [2.24, 2.45) is 0 Å². The van der Waals surface area contributed by atoms with Gasteiger partial charge in [0.2, 0.25) is 5.82 Å². The topological polar surface area (TPSA) is 75.3 Å². The van der Waals surface area contributed by atoms with Crippen LogP contribution >= 0.6 is 0 Å². The van der Waals surface area contributed by atoms with Crippen molar-refractivity contribution in [2.75, 3.05) is 0 Å². The van der Waals surface area contributed by atoms with Crippen LogP contribution in [0.3, 0.4) is 0 Å². The fourth-order valence-corrected chi connectivity index (χ4v) is 2.93. The van der Waals surface area contributed by atoms with E-state index < -0.39 is 0 Å². The van der Waals surface area contributed by atoms with Crippen LogP contribution in [-0.4, -0.2) is 19.9 Å². The van der Waals surface area contributed by atoms with Crippen molar-refractivity contribution in [1.82, 2.24) is 19.9 Å². The number of rotatable bonds is 3. The fourth-order valence-electron chi connectivity index (χ4n) is 2.93. The molecular formula is C22H14FN5. The number of benzene rings is 2. The lowest BCUT2D eigenvalue weighted by atomic mass is 9.95. The van der Waals surface area contributed by atoms with Crippen molar-refractivity contribution in [3.05, 3.63) is 84.6 Å². The molecule has 2 heterocycles. The lowest BCUT2D eigenvalue weighted by Crippen LogP contribution is -1.93. The fraction of sp³-hybridized carbons (Fsp3) is 0.0455. The maximum Gasteiger partial charge on any atom is 0.232 e. The predicted octanol–water partition coefficient (Wildman–Crippen LogP) is 4.59. The molecule has 0 atom stereocenters. The summed E-state index contributed by atoms with van der Waals surface area (Å²) in [6, 6.07) is 14.5. The molecule has 0 aliphatic carbocycles. The molecule has 5 nitrogen and oxygen atoms in total. The molecule has 0 aliphatic rings. The van der Waals surface area contributed by atoms with Crippen LogP contribution in [0.15, 0.2) is 67.3 Å². The molecule has 0 saturated carbocycles. The summed E-state index contributed by atoms with van der Waals surface area (Å²) in [6.45, 7) is 1.83. The van der Waals surface area contributed by atoms with Gasteiger partial charge >= 0.3 is 0 Å². The summed E-state index contributed by atoms with van der Waals surface area (Å²) in [7, 11) is 0. The quantitative estimate of drug-likeness (QED) is 0.529. The number of aromatic nitrogens is 4. The molecule has 0 saturated heterocycles. The van der Waals surface area contributed by atoms with E-state index in [4.69, 9.17) is 5.26 Å². The molecule has 0 fully saturated rings. The van der Waals surface area contributed by atoms with E-state index in [0.29, 0.717) is 11.3 Å². The minimum atomic E-state index is -0.374. The molecular weight excluding hydrogens is 353 g/mol. The van der Waals surface area contributed by atoms with E-state index in [-0.39, 0.29) is 11.6 Å². The summed E-state index contributed by atoms with van der Waals surface area (Å²) in [5, 5.41) is 8.87. The first-order valence-electron chi connectivity index (χ1n) is 8.56. The van der Waals surface area contributed by atoms with Crippen molar-refractivity contribution < 1.29 is 4.39 Å². The molecule has 134 valence electrons. The Morgan fingerprint density at radius 2 is 1.50 bits per heavy atom. The second-order valence-electron chi connectivity index (χ2n) is 6.19. The summed E-state index contributed by atoms with van der Waals surface area (Å²) in [4.78, 5) is 16.5. The lowest BCUT2D eigenvalue weighted by molar-refractivity contribution is 0.631. The first-order valence-corrected chi connectivity index (χ1v) is 8.56. The van der Waals surface area contributed by atoms with Crippen LogP contribution in [0.1, 0.15) is 11.5 Å². The molecule has 28 heavy (non-hydrogen) atoms. The van der Waals surface area contributed by atoms with Gasteiger partial charge in [0.25, 0.3) is 0 Å². The molecule has 4 rings (SSSR count). The van der Waals surface area contributed by atoms with Crippen molar-refractivity contribution >= 4 is 0 Å². The zero-order valence-electron chi connectivity index (χ0n) is 15.0. The van der Waals surface area contributed by atoms with Crippen molar-refractivity contribution in [1.29, 1.82) is 5.26 Å². The normalized spacial score (nSPS) is 10.5. The zero-order valence-corrected chi connectivity index (χ0v) is 15.0. The molecule has 0 unspecified atom stereocenters. The Bertz CT molecular complexity index is 1180. The number of aryl methyl sites for hydroxylation is 1. The van der Waals surface area contributed by atoms with Gasteiger partial charge in [0.05, 0.1) is 17.6 Å². The van der Waals surface area contributed by atoms with Crippen LogP contribution in [0, 0.1) is 24.1 Å². The summed E-state index contributed by atoms with van der Waals surface area (Å²) >= 11 is 0. The highest BCUT2D eigenvalue weighted by atomic mass is 19.1. The highest BCUT2D eigenvalue weighted by Crippen LogP contribution is 2.33. The minimum absolute atomic E-state index is 0.107. The van der Waals surface area contributed by atoms with Crippen LogP contribution in [0.25, 0.3) is 33.5 Å². The maximum absolute atomic E-state index is 14.8. The van der Waals surface area contributed by atoms with Crippen LogP contribution in [-0.2, 0) is 0 Å². The Balaban J connectivity index is 1.77. The smallest absolute Gasteiger partial charge is 0.232 e. The van der Waals surface area contributed by atoms with Crippen molar-refractivity contribution in [3.63, 3.8) is 0 Å². The van der Waals surface area contributed by atoms with Gasteiger partial charge in [-0.25, -0.2) is 14.4 Å². The third-order valence-electron chi connectivity index (χ3n) is 4.33. The molecule has 0 amide bonds. The number of nitriles is 1. The number of hydrogen-bond donors (Lipinski definition) is 0. The molecule has 0 bridgehead atoms. The van der Waals surface area contributed by atoms with E-state index in [1.165, 1.54) is 6.07 Å². The second kappa shape index (κ2) is 7.33. The first kappa shape index (κ1) is 17.4. The van der Waals surface area contributed by atoms with Crippen LogP contribution in [0.5, 0.6) is 0 Å². The second-order valence-corrected chi connectivity index (χ2v) is 6.19. The minimum Gasteiger partial charge on any atom is -0.258 e. The van der Waals surface area contributed by atoms with E-state index in [1.54, 1.807) is 30.9 Å². The van der Waals surface area contributed by atoms with Gasteiger partial charge in [-0.05, 0) is 35.7 Å². The van der Waals surface area contributed by atoms with Gasteiger partial charge in [-0.15, -0.1) is 0 Å². The average Bonchev–Trinajstić information content (AvgIpc) is 2.74. The predicted molar refractivity (Wildman–Crippen MR) is 103 cm³/mol. The molecule has 6 heteroatoms. The monoisotopic (exact) mass is 367 g/mol. The van der Waals surface area contributed by atoms with Crippen LogP contribution in [0.2, 0.25) is 0 Å². The molecule has 0 N–H and O–H groups in total. The third kappa shape index (κ3) is 3.33. The van der Waals surface area contributed by atoms with Gasteiger partial charge in [0, 0.05) is 29.7 Å². The summed E-state index contributed by atoms with van der Waals surface area (Å²) in [6.07, 6.45) is 6.37. The Hall–Kier alpha value is -3.98. The van der Waals surface area contributed by atoms with Gasteiger partial charge in [0.1, 0.15) is 11.9 Å². The van der Waals surface area contributed by atoms with Gasteiger partial charge in [-0.2, -0.15) is 5.26 Å². The maximum atomic E-state index is 14.8. The number of hydrogen-bond acceptors (Lipinski definition) is 5. The van der Waals surface area contributed by atoms with E-state index in [2.05, 4.69) is 19.9 Å². The first-order chi connectivity index (χ1) is 13.7. The Morgan fingerprint density at radius 1 is 0.786 bits per heavy atom. The number of nitrogens with zero attached hydrogens (tertiary/aromatic N) is 5. The van der Waals surface area contributed by atoms with E-state index in [1.807, 2.05) is 43.3 Å². The molecule has 0 spiro atoms. The highest BCUT2D eigenvalue weighted by molar-refractivity contribution is 5.83. The standard InChI is InChI=1S/C22H14FN5/c1-14-10-26-21(13-25-14)19-7-6-15(8-20(19)23)17-4-2-3-5-18(17)16-11-27-22(9-24)28-12-16/h2-8,10-13H,1H3. The van der Waals surface area contributed by atoms with Gasteiger partial charge < -0.3 is 0 Å². The zero-order chi connectivity index (χ0) is 19.5. The van der Waals surface area contributed by atoms with E-state index >= 15 is 0 Å². The van der Waals surface area contributed by atoms with Crippen LogP contribution in [0.4, 0.5) is 4.39 Å². The van der Waals surface area contributed by atoms with Crippen LogP contribution < -0.4 is 0 Å². The summed E-state index contributed by atoms with van der Waals surface area (Å²) < 4.78 is 14.8. The SMILES string of the molecule is Cc1cnc(-c2ccc(-c3ccccc3-c3cnc(C#N)nc3)cc2F)cn1. The third-order valence-corrected chi connectivity index (χ3v) is 4.33. The lowest BCUT2D eigenvalue weighted by Gasteiger charge is -2.11. The van der Waals surface area contributed by atoms with Gasteiger partial charge in [-0.1, -0.05) is 30.3 Å². The van der Waals surface area contributed by atoms with Gasteiger partial charge in [-0.3, -0.25) is 9.97 Å². The molecule has 4 aromatic rings. The Labute approximate surface area is 161 Å². The van der Waals surface area contributed by atoms with Gasteiger partial charge in [0.15, 0.2) is 0 Å². The summed E-state index contributed by atoms with van der Waals surface area (Å²) in [5.41, 5.74) is 4.84. The summed E-state index contributed by atoms with van der Waals surface area (Å²) in [5.74, 6) is -0.266. The Kier molecular flexibility index (Phi) is 4.56. The molecule has 2 aromatic heterocycles.